The first kappa shape index (κ1) is 10.9. The third kappa shape index (κ3) is 2.15. The second-order valence-corrected chi connectivity index (χ2v) is 4.26. The molecule has 0 spiro atoms. The first-order valence-electron chi connectivity index (χ1n) is 5.60. The quantitative estimate of drug-likeness (QED) is 0.848. The van der Waals surface area contributed by atoms with Crippen LogP contribution in [-0.2, 0) is 0 Å². The summed E-state index contributed by atoms with van der Waals surface area (Å²) in [4.78, 5) is 17.0. The molecule has 0 bridgehead atoms. The van der Waals surface area contributed by atoms with Crippen LogP contribution in [0.3, 0.4) is 0 Å². The molecule has 2 rings (SSSR count). The summed E-state index contributed by atoms with van der Waals surface area (Å²) in [7, 11) is 2.03. The summed E-state index contributed by atoms with van der Waals surface area (Å²) in [5.41, 5.74) is 0.239. The molecule has 1 fully saturated rings. The van der Waals surface area contributed by atoms with Gasteiger partial charge in [-0.1, -0.05) is 12.8 Å². The molecule has 4 nitrogen and oxygen atoms in total. The Bertz CT molecular complexity index is 369. The van der Waals surface area contributed by atoms with Crippen molar-refractivity contribution >= 4 is 11.8 Å². The van der Waals surface area contributed by atoms with E-state index in [-0.39, 0.29) is 5.56 Å². The lowest BCUT2D eigenvalue weighted by Crippen LogP contribution is -2.29. The van der Waals surface area contributed by atoms with E-state index >= 15 is 0 Å². The zero-order chi connectivity index (χ0) is 11.5. The first-order chi connectivity index (χ1) is 7.68. The summed E-state index contributed by atoms with van der Waals surface area (Å²) in [6.45, 7) is 0. The zero-order valence-electron chi connectivity index (χ0n) is 9.39. The van der Waals surface area contributed by atoms with Crippen LogP contribution < -0.4 is 4.90 Å². The molecule has 0 aromatic carbocycles. The van der Waals surface area contributed by atoms with Crippen molar-refractivity contribution in [3.8, 4) is 0 Å². The lowest BCUT2D eigenvalue weighted by Gasteiger charge is -2.25. The average Bonchev–Trinajstić information content (AvgIpc) is 2.81. The van der Waals surface area contributed by atoms with Crippen molar-refractivity contribution in [1.29, 1.82) is 0 Å². The number of nitrogens with zero attached hydrogens (tertiary/aromatic N) is 2. The molecule has 86 valence electrons. The predicted octanol–water partition coefficient (Wildman–Crippen LogP) is 2.16. The molecule has 1 heterocycles. The van der Waals surface area contributed by atoms with Crippen LogP contribution in [0.5, 0.6) is 0 Å². The molecule has 0 atom stereocenters. The number of hydrogen-bond acceptors (Lipinski definition) is 3. The van der Waals surface area contributed by atoms with Crippen molar-refractivity contribution in [3.05, 3.63) is 23.9 Å². The third-order valence-electron chi connectivity index (χ3n) is 3.23. The van der Waals surface area contributed by atoms with Crippen LogP contribution in [0.4, 0.5) is 5.82 Å². The van der Waals surface area contributed by atoms with Crippen molar-refractivity contribution in [3.63, 3.8) is 0 Å². The number of carbonyl (C=O) groups is 1. The van der Waals surface area contributed by atoms with E-state index in [9.17, 15) is 4.79 Å². The van der Waals surface area contributed by atoms with Crippen molar-refractivity contribution in [2.24, 2.45) is 0 Å². The minimum absolute atomic E-state index is 0.239. The Kier molecular flexibility index (Phi) is 3.08. The van der Waals surface area contributed by atoms with Gasteiger partial charge in [-0.3, -0.25) is 0 Å². The van der Waals surface area contributed by atoms with Crippen molar-refractivity contribution in [1.82, 2.24) is 4.98 Å². The maximum atomic E-state index is 10.7. The Morgan fingerprint density at radius 2 is 2.12 bits per heavy atom. The van der Waals surface area contributed by atoms with E-state index in [1.54, 1.807) is 12.1 Å². The Morgan fingerprint density at radius 1 is 1.44 bits per heavy atom. The van der Waals surface area contributed by atoms with Gasteiger partial charge >= 0.3 is 5.97 Å². The Balaban J connectivity index is 2.11. The van der Waals surface area contributed by atoms with Crippen molar-refractivity contribution in [2.45, 2.75) is 31.7 Å². The number of carboxylic acids is 1. The van der Waals surface area contributed by atoms with Gasteiger partial charge in [-0.25, -0.2) is 9.78 Å². The molecule has 0 radical (unpaired) electrons. The van der Waals surface area contributed by atoms with Crippen LogP contribution in [-0.4, -0.2) is 29.1 Å². The molecule has 1 N–H and O–H groups in total. The highest BCUT2D eigenvalue weighted by Gasteiger charge is 2.20. The van der Waals surface area contributed by atoms with Gasteiger partial charge in [0.2, 0.25) is 0 Å². The van der Waals surface area contributed by atoms with Crippen LogP contribution in [0.25, 0.3) is 0 Å². The van der Waals surface area contributed by atoms with E-state index in [0.29, 0.717) is 6.04 Å². The van der Waals surface area contributed by atoms with Gasteiger partial charge in [0.1, 0.15) is 5.82 Å². The average molecular weight is 220 g/mol. The standard InChI is InChI=1S/C12H16N2O2/c1-14(10-4-2-3-5-10)11-7-6-9(8-13-11)12(15)16/h6-8,10H,2-5H2,1H3,(H,15,16). The van der Waals surface area contributed by atoms with E-state index in [1.807, 2.05) is 7.05 Å². The van der Waals surface area contributed by atoms with Gasteiger partial charge in [0.05, 0.1) is 5.56 Å². The predicted molar refractivity (Wildman–Crippen MR) is 61.9 cm³/mol. The van der Waals surface area contributed by atoms with E-state index in [1.165, 1.54) is 31.9 Å². The highest BCUT2D eigenvalue weighted by atomic mass is 16.4. The summed E-state index contributed by atoms with van der Waals surface area (Å²) < 4.78 is 0. The number of rotatable bonds is 3. The number of anilines is 1. The van der Waals surface area contributed by atoms with Crippen molar-refractivity contribution in [2.75, 3.05) is 11.9 Å². The van der Waals surface area contributed by atoms with Gasteiger partial charge in [0, 0.05) is 19.3 Å². The van der Waals surface area contributed by atoms with Crippen LogP contribution in [0.1, 0.15) is 36.0 Å². The summed E-state index contributed by atoms with van der Waals surface area (Å²) in [5.74, 6) is -0.0699. The summed E-state index contributed by atoms with van der Waals surface area (Å²) in [6.07, 6.45) is 6.39. The second kappa shape index (κ2) is 4.51. The van der Waals surface area contributed by atoms with Gasteiger partial charge in [-0.2, -0.15) is 0 Å². The van der Waals surface area contributed by atoms with E-state index in [4.69, 9.17) is 5.11 Å². The molecule has 16 heavy (non-hydrogen) atoms. The van der Waals surface area contributed by atoms with Gasteiger partial charge < -0.3 is 10.0 Å². The topological polar surface area (TPSA) is 53.4 Å². The van der Waals surface area contributed by atoms with Gasteiger partial charge in [-0.15, -0.1) is 0 Å². The number of aromatic nitrogens is 1. The summed E-state index contributed by atoms with van der Waals surface area (Å²) in [6, 6.07) is 3.95. The molecule has 1 aromatic rings. The number of aromatic carboxylic acids is 1. The van der Waals surface area contributed by atoms with Crippen molar-refractivity contribution < 1.29 is 9.90 Å². The molecule has 1 aliphatic carbocycles. The molecule has 1 aliphatic rings. The van der Waals surface area contributed by atoms with Crippen LogP contribution in [0.15, 0.2) is 18.3 Å². The zero-order valence-corrected chi connectivity index (χ0v) is 9.39. The largest absolute Gasteiger partial charge is 0.478 e. The monoisotopic (exact) mass is 220 g/mol. The second-order valence-electron chi connectivity index (χ2n) is 4.26. The fourth-order valence-electron chi connectivity index (χ4n) is 2.20. The molecule has 0 saturated heterocycles. The fraction of sp³-hybridized carbons (Fsp3) is 0.500. The van der Waals surface area contributed by atoms with Gasteiger partial charge in [0.25, 0.3) is 0 Å². The number of carboxylic acid groups (broad SMARTS) is 1. The molecular weight excluding hydrogens is 204 g/mol. The van der Waals surface area contributed by atoms with E-state index in [0.717, 1.165) is 5.82 Å². The minimum Gasteiger partial charge on any atom is -0.478 e. The Hall–Kier alpha value is -1.58. The fourth-order valence-corrected chi connectivity index (χ4v) is 2.20. The first-order valence-corrected chi connectivity index (χ1v) is 5.60. The SMILES string of the molecule is CN(c1ccc(C(=O)O)cn1)C1CCCC1. The molecule has 1 aromatic heterocycles. The molecule has 0 amide bonds. The number of hydrogen-bond donors (Lipinski definition) is 1. The molecule has 0 unspecified atom stereocenters. The van der Waals surface area contributed by atoms with Crippen LogP contribution in [0, 0.1) is 0 Å². The number of pyridine rings is 1. The summed E-state index contributed by atoms with van der Waals surface area (Å²) >= 11 is 0. The Morgan fingerprint density at radius 3 is 2.62 bits per heavy atom. The van der Waals surface area contributed by atoms with Crippen LogP contribution >= 0.6 is 0 Å². The maximum Gasteiger partial charge on any atom is 0.337 e. The Labute approximate surface area is 94.9 Å². The van der Waals surface area contributed by atoms with Crippen LogP contribution in [0.2, 0.25) is 0 Å². The maximum absolute atomic E-state index is 10.7. The highest BCUT2D eigenvalue weighted by molar-refractivity contribution is 5.87. The van der Waals surface area contributed by atoms with Gasteiger partial charge in [0.15, 0.2) is 0 Å². The molecule has 4 heteroatoms. The lowest BCUT2D eigenvalue weighted by molar-refractivity contribution is 0.0696. The highest BCUT2D eigenvalue weighted by Crippen LogP contribution is 2.25. The summed E-state index contributed by atoms with van der Waals surface area (Å²) in [5, 5.41) is 8.77. The molecule has 1 saturated carbocycles. The van der Waals surface area contributed by atoms with E-state index in [2.05, 4.69) is 9.88 Å². The van der Waals surface area contributed by atoms with E-state index < -0.39 is 5.97 Å². The minimum atomic E-state index is -0.928. The molecular formula is C12H16N2O2. The van der Waals surface area contributed by atoms with Gasteiger partial charge in [-0.05, 0) is 25.0 Å². The molecule has 0 aliphatic heterocycles. The smallest absolute Gasteiger partial charge is 0.337 e. The third-order valence-corrected chi connectivity index (χ3v) is 3.23. The lowest BCUT2D eigenvalue weighted by atomic mass is 10.2. The normalized spacial score (nSPS) is 16.3.